The largest absolute Gasteiger partial charge is 0.373 e. The van der Waals surface area contributed by atoms with Crippen LogP contribution in [0.25, 0.3) is 0 Å². The van der Waals surface area contributed by atoms with Crippen molar-refractivity contribution in [1.82, 2.24) is 10.2 Å². The minimum Gasteiger partial charge on any atom is -0.373 e. The third-order valence-electron chi connectivity index (χ3n) is 3.10. The maximum atomic E-state index is 4.38. The molecule has 0 aromatic rings. The van der Waals surface area contributed by atoms with Crippen LogP contribution in [0.2, 0.25) is 0 Å². The molecule has 0 aromatic carbocycles. The van der Waals surface area contributed by atoms with Crippen molar-refractivity contribution < 1.29 is 0 Å². The van der Waals surface area contributed by atoms with Crippen molar-refractivity contribution in [3.05, 3.63) is 23.7 Å². The molecule has 4 heteroatoms. The Balaban J connectivity index is 2.16. The molecule has 0 amide bonds. The molecule has 2 rings (SSSR count). The Morgan fingerprint density at radius 1 is 1.53 bits per heavy atom. The normalized spacial score (nSPS) is 25.1. The van der Waals surface area contributed by atoms with Crippen LogP contribution in [-0.4, -0.2) is 30.2 Å². The molecule has 4 nitrogen and oxygen atoms in total. The summed E-state index contributed by atoms with van der Waals surface area (Å²) in [7, 11) is 0. The van der Waals surface area contributed by atoms with E-state index in [-0.39, 0.29) is 0 Å². The Hall–Kier alpha value is -1.58. The van der Waals surface area contributed by atoms with E-state index in [1.165, 1.54) is 18.5 Å². The lowest BCUT2D eigenvalue weighted by Gasteiger charge is -2.20. The highest BCUT2D eigenvalue weighted by Crippen LogP contribution is 2.18. The second-order valence-electron chi connectivity index (χ2n) is 4.30. The van der Waals surface area contributed by atoms with E-state index in [1.807, 2.05) is 12.3 Å². The van der Waals surface area contributed by atoms with Gasteiger partial charge in [-0.3, -0.25) is 0 Å². The second-order valence-corrected chi connectivity index (χ2v) is 4.30. The number of hydrogen-bond acceptors (Lipinski definition) is 3. The van der Waals surface area contributed by atoms with Crippen LogP contribution in [0, 0.1) is 0 Å². The molecule has 2 aliphatic rings. The van der Waals surface area contributed by atoms with Gasteiger partial charge in [-0.2, -0.15) is 0 Å². The van der Waals surface area contributed by atoms with Gasteiger partial charge in [0.1, 0.15) is 5.70 Å². The molecule has 0 radical (unpaired) electrons. The maximum Gasteiger partial charge on any atom is 0.179 e. The van der Waals surface area contributed by atoms with E-state index in [0.717, 1.165) is 31.0 Å². The van der Waals surface area contributed by atoms with E-state index in [1.54, 1.807) is 6.34 Å². The lowest BCUT2D eigenvalue weighted by molar-refractivity contribution is 0.423. The first-order chi connectivity index (χ1) is 8.33. The molecule has 0 unspecified atom stereocenters. The third kappa shape index (κ3) is 2.75. The zero-order valence-corrected chi connectivity index (χ0v) is 10.6. The predicted octanol–water partition coefficient (Wildman–Crippen LogP) is 2.27. The SMILES string of the molecule is CC/C=C/N=C1\N=CN\C1=C(\C)N1CCCC1. The van der Waals surface area contributed by atoms with Gasteiger partial charge in [-0.05, 0) is 26.2 Å². The van der Waals surface area contributed by atoms with Crippen molar-refractivity contribution in [1.29, 1.82) is 0 Å². The van der Waals surface area contributed by atoms with Crippen LogP contribution in [0.3, 0.4) is 0 Å². The third-order valence-corrected chi connectivity index (χ3v) is 3.10. The van der Waals surface area contributed by atoms with Gasteiger partial charge in [0, 0.05) is 25.0 Å². The van der Waals surface area contributed by atoms with Crippen LogP contribution in [0.4, 0.5) is 0 Å². The van der Waals surface area contributed by atoms with E-state index in [4.69, 9.17) is 0 Å². The fourth-order valence-corrected chi connectivity index (χ4v) is 2.09. The molecule has 1 N–H and O–H groups in total. The summed E-state index contributed by atoms with van der Waals surface area (Å²) in [6, 6.07) is 0. The summed E-state index contributed by atoms with van der Waals surface area (Å²) in [5, 5.41) is 3.19. The molecule has 2 heterocycles. The highest BCUT2D eigenvalue weighted by molar-refractivity contribution is 6.08. The number of likely N-dealkylation sites (tertiary alicyclic amines) is 1. The molecular formula is C13H20N4. The number of allylic oxidation sites excluding steroid dienone is 2. The van der Waals surface area contributed by atoms with E-state index >= 15 is 0 Å². The number of aliphatic imine (C=N–C) groups is 2. The molecule has 0 atom stereocenters. The molecule has 1 fully saturated rings. The summed E-state index contributed by atoms with van der Waals surface area (Å²) in [6.07, 6.45) is 9.15. The Kier molecular flexibility index (Phi) is 3.96. The highest BCUT2D eigenvalue weighted by atomic mass is 15.2. The van der Waals surface area contributed by atoms with Crippen molar-refractivity contribution in [3.63, 3.8) is 0 Å². The van der Waals surface area contributed by atoms with Crippen molar-refractivity contribution in [2.45, 2.75) is 33.1 Å². The minimum atomic E-state index is 0.791. The molecule has 17 heavy (non-hydrogen) atoms. The Morgan fingerprint density at radius 3 is 3.00 bits per heavy atom. The fourth-order valence-electron chi connectivity index (χ4n) is 2.09. The fraction of sp³-hybridized carbons (Fsp3) is 0.538. The van der Waals surface area contributed by atoms with Crippen LogP contribution < -0.4 is 5.32 Å². The summed E-state index contributed by atoms with van der Waals surface area (Å²) >= 11 is 0. The zero-order chi connectivity index (χ0) is 12.1. The van der Waals surface area contributed by atoms with Crippen LogP contribution in [0.5, 0.6) is 0 Å². The number of amidine groups is 1. The standard InChI is InChI=1S/C13H20N4/c1-3-4-7-14-13-12(15-10-16-13)11(2)17-8-5-6-9-17/h4,7,10H,3,5-6,8-9H2,1-2H3,(H,14,15,16)/b7-4+,12-11-. The van der Waals surface area contributed by atoms with Crippen LogP contribution in [0.15, 0.2) is 33.7 Å². The molecule has 92 valence electrons. The zero-order valence-electron chi connectivity index (χ0n) is 10.6. The molecule has 0 bridgehead atoms. The summed E-state index contributed by atoms with van der Waals surface area (Å²) in [4.78, 5) is 11.0. The highest BCUT2D eigenvalue weighted by Gasteiger charge is 2.19. The van der Waals surface area contributed by atoms with E-state index in [2.05, 4.69) is 34.0 Å². The monoisotopic (exact) mass is 232 g/mol. The topological polar surface area (TPSA) is 40.0 Å². The first kappa shape index (κ1) is 11.9. The Labute approximate surface area is 103 Å². The van der Waals surface area contributed by atoms with E-state index in [0.29, 0.717) is 0 Å². The lowest BCUT2D eigenvalue weighted by Crippen LogP contribution is -2.23. The smallest absolute Gasteiger partial charge is 0.179 e. The minimum absolute atomic E-state index is 0.791. The van der Waals surface area contributed by atoms with Crippen molar-refractivity contribution in [3.8, 4) is 0 Å². The van der Waals surface area contributed by atoms with Gasteiger partial charge in [-0.1, -0.05) is 13.0 Å². The summed E-state index contributed by atoms with van der Waals surface area (Å²) < 4.78 is 0. The quantitative estimate of drug-likeness (QED) is 0.811. The van der Waals surface area contributed by atoms with Gasteiger partial charge in [0.2, 0.25) is 0 Å². The number of hydrogen-bond donors (Lipinski definition) is 1. The summed E-state index contributed by atoms with van der Waals surface area (Å²) in [6.45, 7) is 6.53. The number of nitrogens with zero attached hydrogens (tertiary/aromatic N) is 3. The first-order valence-electron chi connectivity index (χ1n) is 6.31. The van der Waals surface area contributed by atoms with Gasteiger partial charge < -0.3 is 10.2 Å². The van der Waals surface area contributed by atoms with Crippen LogP contribution in [0.1, 0.15) is 33.1 Å². The number of nitrogens with one attached hydrogen (secondary N) is 1. The second kappa shape index (κ2) is 5.66. The van der Waals surface area contributed by atoms with E-state index < -0.39 is 0 Å². The molecule has 0 spiro atoms. The van der Waals surface area contributed by atoms with Crippen molar-refractivity contribution >= 4 is 12.2 Å². The van der Waals surface area contributed by atoms with Crippen LogP contribution >= 0.6 is 0 Å². The predicted molar refractivity (Wildman–Crippen MR) is 72.0 cm³/mol. The maximum absolute atomic E-state index is 4.38. The summed E-state index contributed by atoms with van der Waals surface area (Å²) in [5.74, 6) is 0.791. The van der Waals surface area contributed by atoms with Gasteiger partial charge in [0.25, 0.3) is 0 Å². The Bertz CT molecular complexity index is 384. The summed E-state index contributed by atoms with van der Waals surface area (Å²) in [5.41, 5.74) is 2.30. The average Bonchev–Trinajstić information content (AvgIpc) is 3.00. The van der Waals surface area contributed by atoms with Crippen LogP contribution in [-0.2, 0) is 0 Å². The first-order valence-corrected chi connectivity index (χ1v) is 6.31. The lowest BCUT2D eigenvalue weighted by atomic mass is 10.3. The van der Waals surface area contributed by atoms with Gasteiger partial charge in [-0.15, -0.1) is 0 Å². The average molecular weight is 232 g/mol. The molecule has 0 aliphatic carbocycles. The molecule has 0 aromatic heterocycles. The van der Waals surface area contributed by atoms with Crippen molar-refractivity contribution in [2.24, 2.45) is 9.98 Å². The van der Waals surface area contributed by atoms with Gasteiger partial charge in [0.15, 0.2) is 5.84 Å². The molecule has 1 saturated heterocycles. The van der Waals surface area contributed by atoms with Gasteiger partial charge in [0.05, 0.1) is 6.34 Å². The van der Waals surface area contributed by atoms with Gasteiger partial charge >= 0.3 is 0 Å². The van der Waals surface area contributed by atoms with Gasteiger partial charge in [-0.25, -0.2) is 9.98 Å². The number of rotatable bonds is 3. The van der Waals surface area contributed by atoms with E-state index in [9.17, 15) is 0 Å². The molecule has 2 aliphatic heterocycles. The molecular weight excluding hydrogens is 212 g/mol. The molecule has 0 saturated carbocycles. The Morgan fingerprint density at radius 2 is 2.29 bits per heavy atom. The van der Waals surface area contributed by atoms with Crippen molar-refractivity contribution in [2.75, 3.05) is 13.1 Å².